The van der Waals surface area contributed by atoms with Crippen molar-refractivity contribution >= 4 is 40.7 Å². The molecular formula is C19H16Cl2N4. The lowest BCUT2D eigenvalue weighted by Crippen LogP contribution is -2.31. The Morgan fingerprint density at radius 1 is 0.960 bits per heavy atom. The summed E-state index contributed by atoms with van der Waals surface area (Å²) in [7, 11) is 0. The maximum absolute atomic E-state index is 6.24. The van der Waals surface area contributed by atoms with Crippen molar-refractivity contribution in [3.05, 3.63) is 75.9 Å². The summed E-state index contributed by atoms with van der Waals surface area (Å²) in [6, 6.07) is 15.8. The molecule has 4 rings (SSSR count). The van der Waals surface area contributed by atoms with E-state index in [9.17, 15) is 0 Å². The van der Waals surface area contributed by atoms with Crippen LogP contribution in [0.25, 0.3) is 0 Å². The van der Waals surface area contributed by atoms with Crippen LogP contribution in [0.1, 0.15) is 11.1 Å². The van der Waals surface area contributed by atoms with Crippen molar-refractivity contribution in [3.63, 3.8) is 0 Å². The average molecular weight is 371 g/mol. The summed E-state index contributed by atoms with van der Waals surface area (Å²) < 4.78 is 0. The number of nitrogens with zero attached hydrogens (tertiary/aromatic N) is 3. The second kappa shape index (κ2) is 6.90. The highest BCUT2D eigenvalue weighted by molar-refractivity contribution is 6.43. The predicted molar refractivity (Wildman–Crippen MR) is 103 cm³/mol. The fraction of sp³-hybridized carbons (Fsp3) is 0.158. The number of hydrogen-bond acceptors (Lipinski definition) is 4. The quantitative estimate of drug-likeness (QED) is 0.696. The van der Waals surface area contributed by atoms with Crippen LogP contribution in [-0.4, -0.2) is 16.5 Å². The van der Waals surface area contributed by atoms with Crippen LogP contribution in [-0.2, 0) is 13.0 Å². The van der Waals surface area contributed by atoms with Crippen LogP contribution in [0.3, 0.4) is 0 Å². The second-order valence-corrected chi connectivity index (χ2v) is 6.69. The van der Waals surface area contributed by atoms with Gasteiger partial charge in [-0.1, -0.05) is 53.5 Å². The number of benzene rings is 2. The first-order valence-electron chi connectivity index (χ1n) is 8.06. The van der Waals surface area contributed by atoms with Crippen molar-refractivity contribution in [2.45, 2.75) is 13.0 Å². The van der Waals surface area contributed by atoms with Crippen LogP contribution < -0.4 is 10.2 Å². The smallest absolute Gasteiger partial charge is 0.227 e. The van der Waals surface area contributed by atoms with Crippen molar-refractivity contribution in [2.24, 2.45) is 0 Å². The molecule has 2 heterocycles. The summed E-state index contributed by atoms with van der Waals surface area (Å²) in [4.78, 5) is 11.3. The van der Waals surface area contributed by atoms with Crippen LogP contribution in [0, 0.1) is 0 Å². The molecule has 3 aromatic rings. The Bertz CT molecular complexity index is 913. The highest BCUT2D eigenvalue weighted by Crippen LogP contribution is 2.31. The van der Waals surface area contributed by atoms with Crippen molar-refractivity contribution < 1.29 is 0 Å². The fourth-order valence-corrected chi connectivity index (χ4v) is 3.32. The molecule has 1 aromatic heterocycles. The lowest BCUT2D eigenvalue weighted by atomic mass is 10.0. The topological polar surface area (TPSA) is 41.1 Å². The summed E-state index contributed by atoms with van der Waals surface area (Å²) in [6.07, 6.45) is 2.75. The Balaban J connectivity index is 1.57. The minimum absolute atomic E-state index is 0.483. The third-order valence-electron chi connectivity index (χ3n) is 4.27. The van der Waals surface area contributed by atoms with Gasteiger partial charge >= 0.3 is 0 Å². The second-order valence-electron chi connectivity index (χ2n) is 5.91. The third-order valence-corrected chi connectivity index (χ3v) is 5.09. The molecule has 0 radical (unpaired) electrons. The largest absolute Gasteiger partial charge is 0.339 e. The van der Waals surface area contributed by atoms with Gasteiger partial charge in [0.2, 0.25) is 5.95 Å². The number of fused-ring (bicyclic) bond motifs is 1. The molecule has 25 heavy (non-hydrogen) atoms. The van der Waals surface area contributed by atoms with Gasteiger partial charge in [0.25, 0.3) is 0 Å². The molecule has 1 aliphatic rings. The molecule has 0 aliphatic carbocycles. The Kier molecular flexibility index (Phi) is 4.47. The molecule has 4 nitrogen and oxygen atoms in total. The summed E-state index contributed by atoms with van der Waals surface area (Å²) >= 11 is 12.3. The van der Waals surface area contributed by atoms with E-state index < -0.39 is 0 Å². The Morgan fingerprint density at radius 3 is 2.68 bits per heavy atom. The van der Waals surface area contributed by atoms with E-state index in [0.29, 0.717) is 21.8 Å². The maximum Gasteiger partial charge on any atom is 0.227 e. The Labute approximate surface area is 156 Å². The summed E-state index contributed by atoms with van der Waals surface area (Å²) in [5.41, 5.74) is 3.45. The molecule has 6 heteroatoms. The molecule has 0 fully saturated rings. The third kappa shape index (κ3) is 3.41. The van der Waals surface area contributed by atoms with Gasteiger partial charge in [0.05, 0.1) is 15.7 Å². The monoisotopic (exact) mass is 370 g/mol. The van der Waals surface area contributed by atoms with E-state index in [2.05, 4.69) is 44.5 Å². The van der Waals surface area contributed by atoms with Crippen LogP contribution in [0.5, 0.6) is 0 Å². The van der Waals surface area contributed by atoms with E-state index in [1.165, 1.54) is 11.1 Å². The van der Waals surface area contributed by atoms with Gasteiger partial charge in [-0.25, -0.2) is 4.98 Å². The lowest BCUT2D eigenvalue weighted by molar-refractivity contribution is 0.708. The molecule has 0 atom stereocenters. The number of halogens is 2. The van der Waals surface area contributed by atoms with Crippen molar-refractivity contribution in [2.75, 3.05) is 16.8 Å². The van der Waals surface area contributed by atoms with Crippen LogP contribution in [0.15, 0.2) is 54.7 Å². The number of hydrogen-bond donors (Lipinski definition) is 1. The zero-order chi connectivity index (χ0) is 17.2. The van der Waals surface area contributed by atoms with Crippen molar-refractivity contribution in [3.8, 4) is 0 Å². The predicted octanol–water partition coefficient (Wildman–Crippen LogP) is 5.09. The molecule has 0 saturated heterocycles. The molecule has 1 aliphatic heterocycles. The summed E-state index contributed by atoms with van der Waals surface area (Å²) in [6.45, 7) is 1.72. The number of aromatic nitrogens is 2. The zero-order valence-corrected chi connectivity index (χ0v) is 14.9. The van der Waals surface area contributed by atoms with Gasteiger partial charge in [-0.2, -0.15) is 4.98 Å². The number of anilines is 3. The number of rotatable bonds is 3. The summed E-state index contributed by atoms with van der Waals surface area (Å²) in [5.74, 6) is 1.39. The lowest BCUT2D eigenvalue weighted by Gasteiger charge is -2.29. The van der Waals surface area contributed by atoms with Gasteiger partial charge in [0.1, 0.15) is 5.82 Å². The molecule has 126 valence electrons. The normalized spacial score (nSPS) is 13.4. The van der Waals surface area contributed by atoms with E-state index in [4.69, 9.17) is 23.2 Å². The Hall–Kier alpha value is -2.30. The molecule has 0 amide bonds. The van der Waals surface area contributed by atoms with E-state index in [1.807, 2.05) is 18.2 Å². The first kappa shape index (κ1) is 16.2. The fourth-order valence-electron chi connectivity index (χ4n) is 2.98. The standard InChI is InChI=1S/C19H16Cl2N4/c20-15-6-3-7-16(18(15)21)23-17-8-10-22-19(24-17)25-11-9-13-4-1-2-5-14(13)12-25/h1-8,10H,9,11-12H2,(H,22,23,24). The first-order chi connectivity index (χ1) is 12.2. The van der Waals surface area contributed by atoms with E-state index >= 15 is 0 Å². The molecule has 0 unspecified atom stereocenters. The minimum atomic E-state index is 0.483. The highest BCUT2D eigenvalue weighted by atomic mass is 35.5. The van der Waals surface area contributed by atoms with Crippen molar-refractivity contribution in [1.82, 2.24) is 9.97 Å². The molecule has 2 aromatic carbocycles. The van der Waals surface area contributed by atoms with Crippen LogP contribution in [0.4, 0.5) is 17.5 Å². The zero-order valence-electron chi connectivity index (χ0n) is 13.4. The van der Waals surface area contributed by atoms with E-state index in [0.717, 1.165) is 25.2 Å². The van der Waals surface area contributed by atoms with E-state index in [-0.39, 0.29) is 0 Å². The molecule has 0 saturated carbocycles. The van der Waals surface area contributed by atoms with Gasteiger partial charge < -0.3 is 10.2 Å². The van der Waals surface area contributed by atoms with E-state index in [1.54, 1.807) is 12.3 Å². The number of nitrogens with one attached hydrogen (secondary N) is 1. The SMILES string of the molecule is Clc1cccc(Nc2ccnc(N3CCc4ccccc4C3)n2)c1Cl. The van der Waals surface area contributed by atoms with Gasteiger partial charge in [0, 0.05) is 19.3 Å². The average Bonchev–Trinajstić information content (AvgIpc) is 2.65. The van der Waals surface area contributed by atoms with Gasteiger partial charge in [0.15, 0.2) is 0 Å². The van der Waals surface area contributed by atoms with Crippen LogP contribution >= 0.6 is 23.2 Å². The van der Waals surface area contributed by atoms with Gasteiger partial charge in [-0.05, 0) is 35.7 Å². The van der Waals surface area contributed by atoms with Gasteiger partial charge in [-0.15, -0.1) is 0 Å². The summed E-state index contributed by atoms with van der Waals surface area (Å²) in [5, 5.41) is 4.21. The highest BCUT2D eigenvalue weighted by Gasteiger charge is 2.18. The van der Waals surface area contributed by atoms with Crippen LogP contribution in [0.2, 0.25) is 10.0 Å². The Morgan fingerprint density at radius 2 is 1.80 bits per heavy atom. The molecular weight excluding hydrogens is 355 g/mol. The minimum Gasteiger partial charge on any atom is -0.339 e. The molecule has 0 bridgehead atoms. The molecule has 0 spiro atoms. The van der Waals surface area contributed by atoms with Crippen molar-refractivity contribution in [1.29, 1.82) is 0 Å². The first-order valence-corrected chi connectivity index (χ1v) is 8.82. The molecule has 1 N–H and O–H groups in total. The van der Waals surface area contributed by atoms with Gasteiger partial charge in [-0.3, -0.25) is 0 Å². The maximum atomic E-state index is 6.24.